The van der Waals surface area contributed by atoms with Gasteiger partial charge in [0.05, 0.1) is 11.1 Å². The minimum atomic E-state index is -0.250. The number of aromatic nitrogens is 2. The maximum absolute atomic E-state index is 13.5. The molecule has 1 atom stereocenters. The van der Waals surface area contributed by atoms with Crippen LogP contribution in [0.3, 0.4) is 0 Å². The first kappa shape index (κ1) is 15.9. The summed E-state index contributed by atoms with van der Waals surface area (Å²) >= 11 is 1.75. The van der Waals surface area contributed by atoms with Gasteiger partial charge in [0.15, 0.2) is 0 Å². The van der Waals surface area contributed by atoms with Gasteiger partial charge in [-0.15, -0.1) is 11.3 Å². The van der Waals surface area contributed by atoms with Crippen LogP contribution in [0.15, 0.2) is 29.8 Å². The Kier molecular flexibility index (Phi) is 4.21. The van der Waals surface area contributed by atoms with Crippen molar-refractivity contribution in [3.05, 3.63) is 40.3 Å². The summed E-state index contributed by atoms with van der Waals surface area (Å²) in [5, 5.41) is 6.68. The second-order valence-electron chi connectivity index (χ2n) is 7.27. The summed E-state index contributed by atoms with van der Waals surface area (Å²) in [5.74, 6) is 0.744. The molecule has 128 valence electrons. The van der Waals surface area contributed by atoms with Gasteiger partial charge in [-0.25, -0.2) is 0 Å². The van der Waals surface area contributed by atoms with Gasteiger partial charge in [0.25, 0.3) is 0 Å². The number of carbonyl (C=O) groups is 1. The topological polar surface area (TPSA) is 38.1 Å². The number of thiophene rings is 1. The van der Waals surface area contributed by atoms with Crippen LogP contribution in [0.4, 0.5) is 0 Å². The Labute approximate surface area is 147 Å². The largest absolute Gasteiger partial charge is 0.341 e. The third-order valence-corrected chi connectivity index (χ3v) is 6.79. The van der Waals surface area contributed by atoms with Crippen LogP contribution in [0.5, 0.6) is 0 Å². The van der Waals surface area contributed by atoms with Gasteiger partial charge in [-0.05, 0) is 43.2 Å². The lowest BCUT2D eigenvalue weighted by Crippen LogP contribution is -2.48. The van der Waals surface area contributed by atoms with Crippen molar-refractivity contribution in [2.24, 2.45) is 7.05 Å². The van der Waals surface area contributed by atoms with Gasteiger partial charge in [0.1, 0.15) is 0 Å². The minimum Gasteiger partial charge on any atom is -0.341 e. The molecule has 2 aromatic rings. The lowest BCUT2D eigenvalue weighted by atomic mass is 9.81. The molecule has 1 aliphatic heterocycles. The Balaban J connectivity index is 1.57. The fourth-order valence-electron chi connectivity index (χ4n) is 4.45. The molecule has 2 fully saturated rings. The van der Waals surface area contributed by atoms with Crippen LogP contribution in [0.2, 0.25) is 0 Å². The number of amides is 1. The SMILES string of the molecule is Cn1ccc([C@H]2CCCN(C(=O)C3(c4cccs4)CCCC3)C2)n1. The van der Waals surface area contributed by atoms with Crippen molar-refractivity contribution in [1.29, 1.82) is 0 Å². The highest BCUT2D eigenvalue weighted by Crippen LogP contribution is 2.45. The van der Waals surface area contributed by atoms with Crippen molar-refractivity contribution in [3.63, 3.8) is 0 Å². The highest BCUT2D eigenvalue weighted by Gasteiger charge is 2.46. The maximum atomic E-state index is 13.5. The first-order valence-corrected chi connectivity index (χ1v) is 9.90. The molecule has 3 heterocycles. The normalized spacial score (nSPS) is 23.5. The van der Waals surface area contributed by atoms with E-state index in [1.165, 1.54) is 17.7 Å². The molecule has 0 bridgehead atoms. The maximum Gasteiger partial charge on any atom is 0.234 e. The summed E-state index contributed by atoms with van der Waals surface area (Å²) in [7, 11) is 1.96. The molecule has 24 heavy (non-hydrogen) atoms. The lowest BCUT2D eigenvalue weighted by Gasteiger charge is -2.38. The molecular weight excluding hydrogens is 318 g/mol. The summed E-state index contributed by atoms with van der Waals surface area (Å²) in [4.78, 5) is 16.9. The van der Waals surface area contributed by atoms with E-state index in [2.05, 4.69) is 33.6 Å². The van der Waals surface area contributed by atoms with Crippen LogP contribution < -0.4 is 0 Å². The molecule has 0 spiro atoms. The summed E-state index contributed by atoms with van der Waals surface area (Å²) in [6.07, 6.45) is 8.57. The van der Waals surface area contributed by atoms with E-state index in [0.717, 1.165) is 44.5 Å². The van der Waals surface area contributed by atoms with Gasteiger partial charge in [0, 0.05) is 37.1 Å². The van der Waals surface area contributed by atoms with Gasteiger partial charge in [-0.2, -0.15) is 5.10 Å². The van der Waals surface area contributed by atoms with Gasteiger partial charge >= 0.3 is 0 Å². The Bertz CT molecular complexity index is 700. The van der Waals surface area contributed by atoms with E-state index in [9.17, 15) is 4.79 Å². The van der Waals surface area contributed by atoms with Crippen molar-refractivity contribution >= 4 is 17.2 Å². The number of hydrogen-bond donors (Lipinski definition) is 0. The highest BCUT2D eigenvalue weighted by atomic mass is 32.1. The smallest absolute Gasteiger partial charge is 0.234 e. The number of likely N-dealkylation sites (tertiary alicyclic amines) is 1. The number of aryl methyl sites for hydroxylation is 1. The third kappa shape index (κ3) is 2.69. The predicted octanol–water partition coefficient (Wildman–Crippen LogP) is 3.70. The molecule has 0 N–H and O–H groups in total. The molecule has 1 saturated heterocycles. The number of rotatable bonds is 3. The molecular formula is C19H25N3OS. The Hall–Kier alpha value is -1.62. The van der Waals surface area contributed by atoms with E-state index >= 15 is 0 Å². The first-order valence-electron chi connectivity index (χ1n) is 9.02. The lowest BCUT2D eigenvalue weighted by molar-refractivity contribution is -0.138. The summed E-state index contributed by atoms with van der Waals surface area (Å²) in [6, 6.07) is 6.34. The molecule has 0 aromatic carbocycles. The molecule has 4 rings (SSSR count). The zero-order chi connectivity index (χ0) is 16.6. The van der Waals surface area contributed by atoms with Crippen molar-refractivity contribution in [3.8, 4) is 0 Å². The van der Waals surface area contributed by atoms with Gasteiger partial charge in [0.2, 0.25) is 5.91 Å². The first-order chi connectivity index (χ1) is 11.7. The van der Waals surface area contributed by atoms with E-state index in [1.54, 1.807) is 11.3 Å². The van der Waals surface area contributed by atoms with E-state index < -0.39 is 0 Å². The highest BCUT2D eigenvalue weighted by molar-refractivity contribution is 7.10. The van der Waals surface area contributed by atoms with Crippen molar-refractivity contribution in [1.82, 2.24) is 14.7 Å². The predicted molar refractivity (Wildman–Crippen MR) is 96.2 cm³/mol. The van der Waals surface area contributed by atoms with Crippen LogP contribution in [-0.4, -0.2) is 33.7 Å². The summed E-state index contributed by atoms with van der Waals surface area (Å²) < 4.78 is 1.86. The third-order valence-electron chi connectivity index (χ3n) is 5.72. The van der Waals surface area contributed by atoms with Crippen LogP contribution in [0.1, 0.15) is 55.0 Å². The molecule has 1 aliphatic carbocycles. The molecule has 0 unspecified atom stereocenters. The zero-order valence-electron chi connectivity index (χ0n) is 14.3. The summed E-state index contributed by atoms with van der Waals surface area (Å²) in [5.41, 5.74) is 0.881. The zero-order valence-corrected chi connectivity index (χ0v) is 15.1. The van der Waals surface area contributed by atoms with Crippen molar-refractivity contribution in [2.45, 2.75) is 49.9 Å². The number of hydrogen-bond acceptors (Lipinski definition) is 3. The van der Waals surface area contributed by atoms with E-state index in [1.807, 2.05) is 17.9 Å². The average Bonchev–Trinajstić information content (AvgIpc) is 3.35. The molecule has 5 heteroatoms. The molecule has 2 aliphatic rings. The van der Waals surface area contributed by atoms with E-state index in [-0.39, 0.29) is 5.41 Å². The van der Waals surface area contributed by atoms with Gasteiger partial charge < -0.3 is 4.90 Å². The molecule has 2 aromatic heterocycles. The monoisotopic (exact) mass is 343 g/mol. The Morgan fingerprint density at radius 2 is 2.12 bits per heavy atom. The number of carbonyl (C=O) groups excluding carboxylic acids is 1. The van der Waals surface area contributed by atoms with Gasteiger partial charge in [-0.3, -0.25) is 9.48 Å². The molecule has 0 radical (unpaired) electrons. The average molecular weight is 343 g/mol. The van der Waals surface area contributed by atoms with Crippen LogP contribution in [0, 0.1) is 0 Å². The number of nitrogens with zero attached hydrogens (tertiary/aromatic N) is 3. The van der Waals surface area contributed by atoms with Crippen LogP contribution in [-0.2, 0) is 17.3 Å². The summed E-state index contributed by atoms with van der Waals surface area (Å²) in [6.45, 7) is 1.72. The van der Waals surface area contributed by atoms with Crippen molar-refractivity contribution in [2.75, 3.05) is 13.1 Å². The molecule has 1 saturated carbocycles. The van der Waals surface area contributed by atoms with Gasteiger partial charge in [-0.1, -0.05) is 18.9 Å². The Morgan fingerprint density at radius 1 is 1.29 bits per heavy atom. The van der Waals surface area contributed by atoms with Crippen LogP contribution >= 0.6 is 11.3 Å². The fourth-order valence-corrected chi connectivity index (χ4v) is 5.43. The van der Waals surface area contributed by atoms with E-state index in [4.69, 9.17) is 0 Å². The van der Waals surface area contributed by atoms with Crippen molar-refractivity contribution < 1.29 is 4.79 Å². The minimum absolute atomic E-state index is 0.250. The Morgan fingerprint density at radius 3 is 2.79 bits per heavy atom. The quantitative estimate of drug-likeness (QED) is 0.852. The number of piperidine rings is 1. The van der Waals surface area contributed by atoms with E-state index in [0.29, 0.717) is 11.8 Å². The second-order valence-corrected chi connectivity index (χ2v) is 8.22. The second kappa shape index (κ2) is 6.36. The molecule has 4 nitrogen and oxygen atoms in total. The van der Waals surface area contributed by atoms with Crippen LogP contribution in [0.25, 0.3) is 0 Å². The standard InChI is InChI=1S/C19H25N3OS/c1-21-12-8-16(20-21)15-6-4-11-22(14-15)18(23)19(9-2-3-10-19)17-7-5-13-24-17/h5,7-8,12-13,15H,2-4,6,9-11,14H2,1H3/t15-/m0/s1. The fraction of sp³-hybridized carbons (Fsp3) is 0.579. The molecule has 1 amide bonds.